The van der Waals surface area contributed by atoms with Crippen LogP contribution in [0.1, 0.15) is 23.7 Å². The van der Waals surface area contributed by atoms with Gasteiger partial charge in [-0.15, -0.1) is 0 Å². The number of hydrogen-bond donors (Lipinski definition) is 2. The molecule has 1 fully saturated rings. The zero-order valence-corrected chi connectivity index (χ0v) is 20.5. The monoisotopic (exact) mass is 516 g/mol. The molecule has 0 saturated carbocycles. The van der Waals surface area contributed by atoms with E-state index in [1.165, 1.54) is 28.2 Å². The highest BCUT2D eigenvalue weighted by Gasteiger charge is 2.30. The van der Waals surface area contributed by atoms with Crippen molar-refractivity contribution in [2.75, 3.05) is 18.4 Å². The number of carbonyl (C=O) groups is 1. The maximum atomic E-state index is 11.2. The molecule has 1 aliphatic heterocycles. The zero-order valence-electron chi connectivity index (χ0n) is 18.9. The molecule has 1 amide bonds. The molecule has 0 bridgehead atoms. The molecule has 1 saturated heterocycles. The van der Waals surface area contributed by atoms with Crippen LogP contribution < -0.4 is 10.1 Å². The first-order chi connectivity index (χ1) is 17.6. The molecule has 2 aromatic heterocycles. The maximum Gasteiger partial charge on any atom is 0.407 e. The van der Waals surface area contributed by atoms with Crippen LogP contribution in [0.25, 0.3) is 0 Å². The summed E-state index contributed by atoms with van der Waals surface area (Å²) in [5.41, 5.74) is 0.606. The molecule has 2 aromatic carbocycles. The van der Waals surface area contributed by atoms with Gasteiger partial charge >= 0.3 is 6.09 Å². The Hall–Kier alpha value is -4.14. The van der Waals surface area contributed by atoms with Crippen LogP contribution >= 0.6 is 23.3 Å². The summed E-state index contributed by atoms with van der Waals surface area (Å²) in [4.78, 5) is 23.6. The van der Waals surface area contributed by atoms with Crippen molar-refractivity contribution in [3.8, 4) is 17.6 Å². The Bertz CT molecular complexity index is 1410. The number of aromatic nitrogens is 3. The molecule has 3 heterocycles. The average molecular weight is 517 g/mol. The summed E-state index contributed by atoms with van der Waals surface area (Å²) in [6.07, 6.45) is 1.52. The van der Waals surface area contributed by atoms with Gasteiger partial charge in [-0.05, 0) is 42.8 Å². The summed E-state index contributed by atoms with van der Waals surface area (Å²) in [6, 6.07) is 20.8. The number of para-hydroxylation sites is 1. The number of carboxylic acid groups (broad SMARTS) is 1. The van der Waals surface area contributed by atoms with Gasteiger partial charge in [0.15, 0.2) is 11.6 Å². The fraction of sp³-hybridized carbons (Fsp3) is 0.160. The Kier molecular flexibility index (Phi) is 6.97. The molecule has 36 heavy (non-hydrogen) atoms. The van der Waals surface area contributed by atoms with Crippen molar-refractivity contribution in [1.29, 1.82) is 5.26 Å². The van der Waals surface area contributed by atoms with Gasteiger partial charge in [0.25, 0.3) is 0 Å². The molecular formula is C25H20N6O3S2. The van der Waals surface area contributed by atoms with Gasteiger partial charge in [-0.25, -0.2) is 14.8 Å². The lowest BCUT2D eigenvalue weighted by atomic mass is 10.1. The van der Waals surface area contributed by atoms with E-state index in [4.69, 9.17) is 10.00 Å². The fourth-order valence-corrected chi connectivity index (χ4v) is 5.16. The van der Waals surface area contributed by atoms with E-state index in [-0.39, 0.29) is 5.92 Å². The summed E-state index contributed by atoms with van der Waals surface area (Å²) < 4.78 is 10.6. The molecule has 180 valence electrons. The zero-order chi connectivity index (χ0) is 24.9. The number of anilines is 2. The Labute approximate surface area is 215 Å². The number of pyridine rings is 1. The number of nitrogens with zero attached hydrogens (tertiary/aromatic N) is 5. The predicted molar refractivity (Wildman–Crippen MR) is 136 cm³/mol. The molecule has 11 heteroatoms. The number of hydrogen-bond acceptors (Lipinski definition) is 9. The Morgan fingerprint density at radius 2 is 2.00 bits per heavy atom. The first kappa shape index (κ1) is 23.6. The largest absolute Gasteiger partial charge is 0.465 e. The number of benzene rings is 2. The lowest BCUT2D eigenvalue weighted by Gasteiger charge is -2.12. The van der Waals surface area contributed by atoms with Crippen LogP contribution in [0.15, 0.2) is 76.7 Å². The van der Waals surface area contributed by atoms with Crippen molar-refractivity contribution in [2.24, 2.45) is 0 Å². The SMILES string of the molecule is N#Cc1ccc(Sc2cnc(Nc3nc(C4CCN(C(=O)O)C4)ns3)c(Oc3ccccc3)c2)cc1. The van der Waals surface area contributed by atoms with Crippen LogP contribution in [0.2, 0.25) is 0 Å². The third kappa shape index (κ3) is 5.56. The van der Waals surface area contributed by atoms with Crippen LogP contribution in [-0.2, 0) is 0 Å². The van der Waals surface area contributed by atoms with Gasteiger partial charge < -0.3 is 20.1 Å². The molecular weight excluding hydrogens is 496 g/mol. The second kappa shape index (κ2) is 10.6. The quantitative estimate of drug-likeness (QED) is 0.306. The molecule has 2 N–H and O–H groups in total. The van der Waals surface area contributed by atoms with Crippen molar-refractivity contribution in [3.63, 3.8) is 0 Å². The van der Waals surface area contributed by atoms with Gasteiger partial charge in [0.05, 0.1) is 11.6 Å². The van der Waals surface area contributed by atoms with Crippen molar-refractivity contribution in [3.05, 3.63) is 78.2 Å². The third-order valence-corrected chi connectivity index (χ3v) is 7.12. The van der Waals surface area contributed by atoms with Crippen LogP contribution in [0.3, 0.4) is 0 Å². The van der Waals surface area contributed by atoms with Gasteiger partial charge in [0.2, 0.25) is 5.13 Å². The van der Waals surface area contributed by atoms with Crippen molar-refractivity contribution < 1.29 is 14.6 Å². The van der Waals surface area contributed by atoms with Crippen LogP contribution in [0.4, 0.5) is 15.7 Å². The van der Waals surface area contributed by atoms with E-state index in [2.05, 4.69) is 25.7 Å². The Morgan fingerprint density at radius 3 is 2.72 bits per heavy atom. The maximum absolute atomic E-state index is 11.2. The minimum Gasteiger partial charge on any atom is -0.465 e. The average Bonchev–Trinajstić information content (AvgIpc) is 3.57. The van der Waals surface area contributed by atoms with Gasteiger partial charge in [-0.1, -0.05) is 30.0 Å². The summed E-state index contributed by atoms with van der Waals surface area (Å²) >= 11 is 2.71. The molecule has 1 unspecified atom stereocenters. The second-order valence-electron chi connectivity index (χ2n) is 7.97. The summed E-state index contributed by atoms with van der Waals surface area (Å²) in [6.45, 7) is 0.879. The first-order valence-electron chi connectivity index (χ1n) is 11.1. The lowest BCUT2D eigenvalue weighted by Crippen LogP contribution is -2.26. The number of amides is 1. The highest BCUT2D eigenvalue weighted by atomic mass is 32.2. The Balaban J connectivity index is 1.37. The summed E-state index contributed by atoms with van der Waals surface area (Å²) in [5, 5.41) is 22.0. The van der Waals surface area contributed by atoms with Crippen LogP contribution in [-0.4, -0.2) is 43.5 Å². The second-order valence-corrected chi connectivity index (χ2v) is 9.87. The molecule has 5 rings (SSSR count). The normalized spacial score (nSPS) is 14.9. The molecule has 0 aliphatic carbocycles. The third-order valence-electron chi connectivity index (χ3n) is 5.51. The van der Waals surface area contributed by atoms with E-state index in [9.17, 15) is 9.90 Å². The fourth-order valence-electron chi connectivity index (χ4n) is 3.70. The van der Waals surface area contributed by atoms with Crippen molar-refractivity contribution in [2.45, 2.75) is 22.1 Å². The highest BCUT2D eigenvalue weighted by molar-refractivity contribution is 7.99. The smallest absolute Gasteiger partial charge is 0.407 e. The van der Waals surface area contributed by atoms with Crippen LogP contribution in [0.5, 0.6) is 11.5 Å². The minimum absolute atomic E-state index is 0.0212. The Morgan fingerprint density at radius 1 is 1.19 bits per heavy atom. The predicted octanol–water partition coefficient (Wildman–Crippen LogP) is 5.96. The number of likely N-dealkylation sites (tertiary alicyclic amines) is 1. The summed E-state index contributed by atoms with van der Waals surface area (Å²) in [7, 11) is 0. The minimum atomic E-state index is -0.919. The van der Waals surface area contributed by atoms with E-state index < -0.39 is 6.09 Å². The topological polar surface area (TPSA) is 124 Å². The molecule has 9 nitrogen and oxygen atoms in total. The summed E-state index contributed by atoms with van der Waals surface area (Å²) in [5.74, 6) is 2.29. The van der Waals surface area contributed by atoms with Crippen LogP contribution in [0, 0.1) is 11.3 Å². The van der Waals surface area contributed by atoms with E-state index in [1.54, 1.807) is 18.3 Å². The lowest BCUT2D eigenvalue weighted by molar-refractivity contribution is 0.155. The number of nitrogens with one attached hydrogen (secondary N) is 1. The molecule has 0 radical (unpaired) electrons. The number of ether oxygens (including phenoxy) is 1. The van der Waals surface area contributed by atoms with Gasteiger partial charge in [-0.2, -0.15) is 9.64 Å². The molecule has 4 aromatic rings. The first-order valence-corrected chi connectivity index (χ1v) is 12.7. The number of nitriles is 1. The molecule has 1 aliphatic rings. The van der Waals surface area contributed by atoms with Gasteiger partial charge in [0, 0.05) is 52.6 Å². The molecule has 0 spiro atoms. The van der Waals surface area contributed by atoms with E-state index in [0.717, 1.165) is 9.79 Å². The van der Waals surface area contributed by atoms with E-state index >= 15 is 0 Å². The van der Waals surface area contributed by atoms with Crippen molar-refractivity contribution >= 4 is 40.3 Å². The standard InChI is InChI=1S/C25H20N6O3S2/c26-13-16-6-8-19(9-7-16)35-20-12-21(34-18-4-2-1-3-5-18)23(27-14-20)29-24-28-22(30-36-24)17-10-11-31(15-17)25(32)33/h1-9,12,14,17H,10-11,15H2,(H,32,33)(H,27,28,29,30). The van der Waals surface area contributed by atoms with E-state index in [0.29, 0.717) is 53.3 Å². The van der Waals surface area contributed by atoms with Gasteiger partial charge in [0.1, 0.15) is 11.6 Å². The molecule has 1 atom stereocenters. The highest BCUT2D eigenvalue weighted by Crippen LogP contribution is 2.37. The van der Waals surface area contributed by atoms with Crippen molar-refractivity contribution in [1.82, 2.24) is 19.2 Å². The van der Waals surface area contributed by atoms with Gasteiger partial charge in [-0.3, -0.25) is 0 Å². The van der Waals surface area contributed by atoms with E-state index in [1.807, 2.05) is 48.5 Å². The number of rotatable bonds is 7.